The summed E-state index contributed by atoms with van der Waals surface area (Å²) in [6.07, 6.45) is 0. The fraction of sp³-hybridized carbons (Fsp3) is 0.294. The van der Waals surface area contributed by atoms with E-state index in [1.165, 1.54) is 22.3 Å². The van der Waals surface area contributed by atoms with E-state index in [1.807, 2.05) is 19.1 Å². The second-order valence-electron chi connectivity index (χ2n) is 5.18. The minimum atomic E-state index is -0.154. The third-order valence-corrected chi connectivity index (χ3v) is 4.36. The summed E-state index contributed by atoms with van der Waals surface area (Å²) < 4.78 is 0. The minimum absolute atomic E-state index is 0.154. The van der Waals surface area contributed by atoms with Crippen molar-refractivity contribution in [3.8, 4) is 0 Å². The van der Waals surface area contributed by atoms with Crippen molar-refractivity contribution in [3.05, 3.63) is 68.7 Å². The summed E-state index contributed by atoms with van der Waals surface area (Å²) >= 11 is 12.9. The van der Waals surface area contributed by atoms with E-state index in [1.54, 1.807) is 0 Å². The van der Waals surface area contributed by atoms with Gasteiger partial charge in [-0.05, 0) is 61.6 Å². The van der Waals surface area contributed by atoms with Crippen molar-refractivity contribution < 1.29 is 0 Å². The van der Waals surface area contributed by atoms with Crippen molar-refractivity contribution in [3.63, 3.8) is 0 Å². The van der Waals surface area contributed by atoms with Gasteiger partial charge in [0.15, 0.2) is 0 Å². The second-order valence-corrected chi connectivity index (χ2v) is 6.03. The molecular formula is C17H18Cl2. The molecule has 0 radical (unpaired) electrons. The number of halogens is 2. The summed E-state index contributed by atoms with van der Waals surface area (Å²) in [6.45, 7) is 8.33. The maximum Gasteiger partial charge on any atom is 0.0841 e. The van der Waals surface area contributed by atoms with E-state index in [0.717, 1.165) is 16.1 Å². The van der Waals surface area contributed by atoms with Gasteiger partial charge in [-0.15, -0.1) is 11.6 Å². The Morgan fingerprint density at radius 3 is 1.95 bits per heavy atom. The Morgan fingerprint density at radius 1 is 0.842 bits per heavy atom. The minimum Gasteiger partial charge on any atom is -0.113 e. The maximum atomic E-state index is 6.66. The molecule has 2 aromatic rings. The highest BCUT2D eigenvalue weighted by Crippen LogP contribution is 2.35. The molecule has 1 unspecified atom stereocenters. The summed E-state index contributed by atoms with van der Waals surface area (Å²) in [7, 11) is 0. The Morgan fingerprint density at radius 2 is 1.42 bits per heavy atom. The molecule has 0 nitrogen and oxygen atoms in total. The average molecular weight is 293 g/mol. The first-order valence-electron chi connectivity index (χ1n) is 6.38. The van der Waals surface area contributed by atoms with Gasteiger partial charge in [-0.25, -0.2) is 0 Å². The smallest absolute Gasteiger partial charge is 0.0841 e. The molecule has 2 heteroatoms. The van der Waals surface area contributed by atoms with E-state index in [9.17, 15) is 0 Å². The topological polar surface area (TPSA) is 0 Å². The highest BCUT2D eigenvalue weighted by molar-refractivity contribution is 6.31. The number of rotatable bonds is 2. The van der Waals surface area contributed by atoms with Crippen LogP contribution in [0.25, 0.3) is 0 Å². The SMILES string of the molecule is Cc1cc(C)c(C(Cl)c2ccc(C)c(Cl)c2)c(C)c1. The highest BCUT2D eigenvalue weighted by atomic mass is 35.5. The molecule has 0 aromatic heterocycles. The molecule has 0 aliphatic carbocycles. The van der Waals surface area contributed by atoms with Crippen molar-refractivity contribution in [1.29, 1.82) is 0 Å². The van der Waals surface area contributed by atoms with Gasteiger partial charge in [0, 0.05) is 5.02 Å². The normalized spacial score (nSPS) is 12.5. The van der Waals surface area contributed by atoms with E-state index in [4.69, 9.17) is 23.2 Å². The fourth-order valence-corrected chi connectivity index (χ4v) is 3.19. The van der Waals surface area contributed by atoms with Gasteiger partial charge in [-0.2, -0.15) is 0 Å². The first-order chi connectivity index (χ1) is 8.90. The lowest BCUT2D eigenvalue weighted by atomic mass is 9.93. The van der Waals surface area contributed by atoms with E-state index in [-0.39, 0.29) is 5.38 Å². The predicted octanol–water partition coefficient (Wildman–Crippen LogP) is 5.90. The van der Waals surface area contributed by atoms with Crippen LogP contribution in [0, 0.1) is 27.7 Å². The Kier molecular flexibility index (Phi) is 4.23. The van der Waals surface area contributed by atoms with E-state index >= 15 is 0 Å². The van der Waals surface area contributed by atoms with Crippen LogP contribution in [0.2, 0.25) is 5.02 Å². The van der Waals surface area contributed by atoms with Crippen LogP contribution in [0.15, 0.2) is 30.3 Å². The van der Waals surface area contributed by atoms with Gasteiger partial charge in [0.25, 0.3) is 0 Å². The standard InChI is InChI=1S/C17H18Cl2/c1-10-7-12(3)16(13(4)8-10)17(19)14-6-5-11(2)15(18)9-14/h5-9,17H,1-4H3. The Balaban J connectivity index is 2.49. The van der Waals surface area contributed by atoms with Gasteiger partial charge in [-0.3, -0.25) is 0 Å². The largest absolute Gasteiger partial charge is 0.113 e. The molecule has 0 saturated carbocycles. The lowest BCUT2D eigenvalue weighted by molar-refractivity contribution is 1.07. The first kappa shape index (κ1) is 14.4. The number of aryl methyl sites for hydroxylation is 4. The third-order valence-electron chi connectivity index (χ3n) is 3.48. The molecule has 2 aromatic carbocycles. The van der Waals surface area contributed by atoms with E-state index in [2.05, 4.69) is 39.0 Å². The van der Waals surface area contributed by atoms with Crippen LogP contribution < -0.4 is 0 Å². The molecule has 0 heterocycles. The summed E-state index contributed by atoms with van der Waals surface area (Å²) in [6, 6.07) is 10.4. The summed E-state index contributed by atoms with van der Waals surface area (Å²) in [5.74, 6) is 0. The summed E-state index contributed by atoms with van der Waals surface area (Å²) in [4.78, 5) is 0. The number of hydrogen-bond acceptors (Lipinski definition) is 0. The average Bonchev–Trinajstić information content (AvgIpc) is 2.31. The molecule has 0 bridgehead atoms. The molecule has 0 aliphatic rings. The third kappa shape index (κ3) is 2.96. The van der Waals surface area contributed by atoms with Crippen LogP contribution in [-0.4, -0.2) is 0 Å². The van der Waals surface area contributed by atoms with Crippen LogP contribution in [0.3, 0.4) is 0 Å². The van der Waals surface area contributed by atoms with E-state index < -0.39 is 0 Å². The van der Waals surface area contributed by atoms with Crippen LogP contribution in [-0.2, 0) is 0 Å². The number of hydrogen-bond donors (Lipinski definition) is 0. The van der Waals surface area contributed by atoms with Crippen molar-refractivity contribution >= 4 is 23.2 Å². The summed E-state index contributed by atoms with van der Waals surface area (Å²) in [5, 5.41) is 0.615. The number of alkyl halides is 1. The molecule has 0 aliphatic heterocycles. The number of benzene rings is 2. The van der Waals surface area contributed by atoms with Crippen molar-refractivity contribution in [2.75, 3.05) is 0 Å². The van der Waals surface area contributed by atoms with Crippen LogP contribution in [0.4, 0.5) is 0 Å². The van der Waals surface area contributed by atoms with Gasteiger partial charge >= 0.3 is 0 Å². The molecule has 0 saturated heterocycles. The maximum absolute atomic E-state index is 6.66. The van der Waals surface area contributed by atoms with Gasteiger partial charge in [0.05, 0.1) is 5.38 Å². The molecular weight excluding hydrogens is 275 g/mol. The Labute approximate surface area is 125 Å². The van der Waals surface area contributed by atoms with Gasteiger partial charge in [-0.1, -0.05) is 41.4 Å². The van der Waals surface area contributed by atoms with Crippen molar-refractivity contribution in [2.24, 2.45) is 0 Å². The Hall–Kier alpha value is -0.980. The van der Waals surface area contributed by atoms with Gasteiger partial charge < -0.3 is 0 Å². The molecule has 2 rings (SSSR count). The van der Waals surface area contributed by atoms with Crippen molar-refractivity contribution in [2.45, 2.75) is 33.1 Å². The lowest BCUT2D eigenvalue weighted by Crippen LogP contribution is -2.00. The zero-order valence-electron chi connectivity index (χ0n) is 11.7. The molecule has 0 fully saturated rings. The highest BCUT2D eigenvalue weighted by Gasteiger charge is 2.16. The zero-order valence-corrected chi connectivity index (χ0v) is 13.2. The Bertz CT molecular complexity index is 592. The molecule has 0 spiro atoms. The van der Waals surface area contributed by atoms with Crippen LogP contribution in [0.5, 0.6) is 0 Å². The van der Waals surface area contributed by atoms with Crippen LogP contribution in [0.1, 0.15) is 38.8 Å². The predicted molar refractivity (Wildman–Crippen MR) is 84.5 cm³/mol. The second kappa shape index (κ2) is 5.56. The van der Waals surface area contributed by atoms with Gasteiger partial charge in [0.1, 0.15) is 0 Å². The fourth-order valence-electron chi connectivity index (χ4n) is 2.52. The first-order valence-corrected chi connectivity index (χ1v) is 7.19. The molecule has 100 valence electrons. The molecule has 0 N–H and O–H groups in total. The quantitative estimate of drug-likeness (QED) is 0.604. The van der Waals surface area contributed by atoms with Crippen LogP contribution >= 0.6 is 23.2 Å². The van der Waals surface area contributed by atoms with E-state index in [0.29, 0.717) is 0 Å². The monoisotopic (exact) mass is 292 g/mol. The molecule has 19 heavy (non-hydrogen) atoms. The zero-order chi connectivity index (χ0) is 14.2. The lowest BCUT2D eigenvalue weighted by Gasteiger charge is -2.18. The summed E-state index contributed by atoms with van der Waals surface area (Å²) in [5.41, 5.74) is 7.04. The van der Waals surface area contributed by atoms with Gasteiger partial charge in [0.2, 0.25) is 0 Å². The molecule has 0 amide bonds. The molecule has 1 atom stereocenters. The van der Waals surface area contributed by atoms with Crippen molar-refractivity contribution in [1.82, 2.24) is 0 Å².